The molecule has 1 aliphatic rings. The summed E-state index contributed by atoms with van der Waals surface area (Å²) >= 11 is 6.30. The molecule has 0 bridgehead atoms. The number of methoxy groups -OCH3 is 2. The summed E-state index contributed by atoms with van der Waals surface area (Å²) in [5.74, 6) is 1.31. The van der Waals surface area contributed by atoms with Crippen LogP contribution in [-0.2, 0) is 4.74 Å². The van der Waals surface area contributed by atoms with Gasteiger partial charge in [-0.3, -0.25) is 0 Å². The van der Waals surface area contributed by atoms with Crippen molar-refractivity contribution < 1.29 is 14.2 Å². The average molecular weight is 300 g/mol. The molecule has 0 aliphatic carbocycles. The zero-order chi connectivity index (χ0) is 14.7. The Morgan fingerprint density at radius 2 is 1.65 bits per heavy atom. The summed E-state index contributed by atoms with van der Waals surface area (Å²) in [5, 5.41) is 4.12. The molecule has 112 valence electrons. The molecule has 2 atom stereocenters. The highest BCUT2D eigenvalue weighted by atomic mass is 35.5. The number of nitrogens with one attached hydrogen (secondary N) is 1. The van der Waals surface area contributed by atoms with Crippen LogP contribution in [-0.4, -0.2) is 32.5 Å². The maximum absolute atomic E-state index is 6.30. The normalized spacial score (nSPS) is 26.1. The number of anilines is 1. The molecule has 1 aliphatic heterocycles. The van der Waals surface area contributed by atoms with Gasteiger partial charge in [-0.05, 0) is 26.7 Å². The van der Waals surface area contributed by atoms with E-state index in [1.807, 2.05) is 6.07 Å². The fourth-order valence-corrected chi connectivity index (χ4v) is 2.92. The molecule has 4 nitrogen and oxygen atoms in total. The van der Waals surface area contributed by atoms with Gasteiger partial charge in [0.1, 0.15) is 0 Å². The molecule has 20 heavy (non-hydrogen) atoms. The first-order valence-electron chi connectivity index (χ1n) is 6.87. The van der Waals surface area contributed by atoms with Gasteiger partial charge in [-0.25, -0.2) is 0 Å². The SMILES string of the molecule is COc1cc(Cl)c(NC2CC(C)OC(C)C2)cc1OC. The summed E-state index contributed by atoms with van der Waals surface area (Å²) in [4.78, 5) is 0. The van der Waals surface area contributed by atoms with E-state index in [0.29, 0.717) is 22.6 Å². The van der Waals surface area contributed by atoms with E-state index in [9.17, 15) is 0 Å². The molecule has 1 heterocycles. The predicted octanol–water partition coefficient (Wildman–Crippen LogP) is 3.73. The highest BCUT2D eigenvalue weighted by Gasteiger charge is 2.25. The Morgan fingerprint density at radius 3 is 2.20 bits per heavy atom. The molecule has 0 aromatic heterocycles. The molecular weight excluding hydrogens is 278 g/mol. The lowest BCUT2D eigenvalue weighted by Crippen LogP contribution is -2.36. The Labute approximate surface area is 125 Å². The second kappa shape index (κ2) is 6.55. The molecule has 2 unspecified atom stereocenters. The fourth-order valence-electron chi connectivity index (χ4n) is 2.71. The van der Waals surface area contributed by atoms with Crippen molar-refractivity contribution in [1.29, 1.82) is 0 Å². The summed E-state index contributed by atoms with van der Waals surface area (Å²) in [7, 11) is 3.22. The van der Waals surface area contributed by atoms with Crippen molar-refractivity contribution in [2.24, 2.45) is 0 Å². The third-order valence-electron chi connectivity index (χ3n) is 3.53. The highest BCUT2D eigenvalue weighted by molar-refractivity contribution is 6.33. The van der Waals surface area contributed by atoms with Crippen molar-refractivity contribution in [3.05, 3.63) is 17.2 Å². The minimum Gasteiger partial charge on any atom is -0.493 e. The van der Waals surface area contributed by atoms with Crippen molar-refractivity contribution >= 4 is 17.3 Å². The van der Waals surface area contributed by atoms with Gasteiger partial charge >= 0.3 is 0 Å². The quantitative estimate of drug-likeness (QED) is 0.919. The van der Waals surface area contributed by atoms with Crippen molar-refractivity contribution in [3.63, 3.8) is 0 Å². The van der Waals surface area contributed by atoms with E-state index < -0.39 is 0 Å². The Balaban J connectivity index is 2.16. The van der Waals surface area contributed by atoms with Gasteiger partial charge in [-0.15, -0.1) is 0 Å². The van der Waals surface area contributed by atoms with E-state index in [0.717, 1.165) is 18.5 Å². The van der Waals surface area contributed by atoms with Crippen LogP contribution < -0.4 is 14.8 Å². The van der Waals surface area contributed by atoms with E-state index in [-0.39, 0.29) is 12.2 Å². The molecule has 0 saturated carbocycles. The first-order chi connectivity index (χ1) is 9.53. The Kier molecular flexibility index (Phi) is 5.00. The lowest BCUT2D eigenvalue weighted by molar-refractivity contribution is -0.0337. The second-order valence-corrected chi connectivity index (χ2v) is 5.66. The zero-order valence-electron chi connectivity index (χ0n) is 12.4. The molecule has 1 N–H and O–H groups in total. The Bertz CT molecular complexity index is 457. The largest absolute Gasteiger partial charge is 0.493 e. The molecule has 1 aromatic carbocycles. The van der Waals surface area contributed by atoms with E-state index in [1.54, 1.807) is 20.3 Å². The summed E-state index contributed by atoms with van der Waals surface area (Å²) in [6.07, 6.45) is 2.45. The topological polar surface area (TPSA) is 39.7 Å². The maximum atomic E-state index is 6.30. The van der Waals surface area contributed by atoms with Crippen molar-refractivity contribution in [3.8, 4) is 11.5 Å². The number of benzene rings is 1. The Hall–Kier alpha value is -1.13. The third-order valence-corrected chi connectivity index (χ3v) is 3.84. The van der Waals surface area contributed by atoms with Crippen LogP contribution in [0, 0.1) is 0 Å². The molecule has 0 radical (unpaired) electrons. The summed E-state index contributed by atoms with van der Waals surface area (Å²) < 4.78 is 16.3. The van der Waals surface area contributed by atoms with Crippen LogP contribution in [0.25, 0.3) is 0 Å². The fraction of sp³-hybridized carbons (Fsp3) is 0.600. The standard InChI is InChI=1S/C15H22ClNO3/c1-9-5-11(6-10(2)20-9)17-13-8-15(19-4)14(18-3)7-12(13)16/h7-11,17H,5-6H2,1-4H3. The van der Waals surface area contributed by atoms with Crippen LogP contribution in [0.3, 0.4) is 0 Å². The monoisotopic (exact) mass is 299 g/mol. The van der Waals surface area contributed by atoms with Crippen LogP contribution in [0.1, 0.15) is 26.7 Å². The molecule has 1 aromatic rings. The average Bonchev–Trinajstić information content (AvgIpc) is 2.39. The van der Waals surface area contributed by atoms with Crippen LogP contribution in [0.15, 0.2) is 12.1 Å². The molecule has 0 amide bonds. The molecule has 5 heteroatoms. The lowest BCUT2D eigenvalue weighted by atomic mass is 9.99. The molecular formula is C15H22ClNO3. The molecule has 2 rings (SSSR count). The number of hydrogen-bond donors (Lipinski definition) is 1. The number of halogens is 1. The van der Waals surface area contributed by atoms with Gasteiger partial charge in [-0.1, -0.05) is 11.6 Å². The van der Waals surface area contributed by atoms with Crippen molar-refractivity contribution in [2.75, 3.05) is 19.5 Å². The minimum atomic E-state index is 0.259. The van der Waals surface area contributed by atoms with E-state index in [1.165, 1.54) is 0 Å². The van der Waals surface area contributed by atoms with Crippen LogP contribution in [0.5, 0.6) is 11.5 Å². The van der Waals surface area contributed by atoms with E-state index in [4.69, 9.17) is 25.8 Å². The number of rotatable bonds is 4. The molecule has 0 spiro atoms. The Morgan fingerprint density at radius 1 is 1.10 bits per heavy atom. The maximum Gasteiger partial charge on any atom is 0.162 e. The smallest absolute Gasteiger partial charge is 0.162 e. The second-order valence-electron chi connectivity index (χ2n) is 5.26. The van der Waals surface area contributed by atoms with Crippen molar-refractivity contribution in [2.45, 2.75) is 44.9 Å². The molecule has 1 fully saturated rings. The van der Waals surface area contributed by atoms with Gasteiger partial charge in [0.05, 0.1) is 37.1 Å². The van der Waals surface area contributed by atoms with Gasteiger partial charge in [-0.2, -0.15) is 0 Å². The first kappa shape index (κ1) is 15.3. The van der Waals surface area contributed by atoms with Crippen LogP contribution in [0.2, 0.25) is 5.02 Å². The number of hydrogen-bond acceptors (Lipinski definition) is 4. The van der Waals surface area contributed by atoms with Crippen molar-refractivity contribution in [1.82, 2.24) is 0 Å². The van der Waals surface area contributed by atoms with Gasteiger partial charge < -0.3 is 19.5 Å². The lowest BCUT2D eigenvalue weighted by Gasteiger charge is -2.33. The van der Waals surface area contributed by atoms with E-state index >= 15 is 0 Å². The predicted molar refractivity (Wildman–Crippen MR) is 81.2 cm³/mol. The van der Waals surface area contributed by atoms with Gasteiger partial charge in [0.25, 0.3) is 0 Å². The third kappa shape index (κ3) is 3.49. The number of ether oxygens (including phenoxy) is 3. The highest BCUT2D eigenvalue weighted by Crippen LogP contribution is 2.37. The van der Waals surface area contributed by atoms with Gasteiger partial charge in [0.2, 0.25) is 0 Å². The van der Waals surface area contributed by atoms with Crippen LogP contribution >= 0.6 is 11.6 Å². The van der Waals surface area contributed by atoms with E-state index in [2.05, 4.69) is 19.2 Å². The summed E-state index contributed by atoms with van der Waals surface area (Å²) in [6, 6.07) is 4.00. The summed E-state index contributed by atoms with van der Waals surface area (Å²) in [6.45, 7) is 4.20. The minimum absolute atomic E-state index is 0.259. The van der Waals surface area contributed by atoms with Gasteiger partial charge in [0.15, 0.2) is 11.5 Å². The molecule has 1 saturated heterocycles. The summed E-state index contributed by atoms with van der Waals surface area (Å²) in [5.41, 5.74) is 0.871. The zero-order valence-corrected chi connectivity index (χ0v) is 13.2. The van der Waals surface area contributed by atoms with Crippen LogP contribution in [0.4, 0.5) is 5.69 Å². The first-order valence-corrected chi connectivity index (χ1v) is 7.24. The van der Waals surface area contributed by atoms with Gasteiger partial charge in [0, 0.05) is 18.2 Å².